The summed E-state index contributed by atoms with van der Waals surface area (Å²) in [4.78, 5) is 0. The topological polar surface area (TPSA) is 47.3 Å². The second-order valence-electron chi connectivity index (χ2n) is 5.42. The number of hydrogen-bond donors (Lipinski definition) is 2. The number of hydrogen-bond acceptors (Lipinski definition) is 3. The monoisotopic (exact) mass is 304 g/mol. The largest absolute Gasteiger partial charge is 0.497 e. The molecule has 0 aliphatic carbocycles. The Morgan fingerprint density at radius 1 is 1.10 bits per heavy atom. The first-order chi connectivity index (χ1) is 10.0. The van der Waals surface area contributed by atoms with Crippen LogP contribution in [0.25, 0.3) is 0 Å². The van der Waals surface area contributed by atoms with Gasteiger partial charge in [0, 0.05) is 17.3 Å². The fraction of sp³-hybridized carbons (Fsp3) is 0.294. The Morgan fingerprint density at radius 3 is 2.24 bits per heavy atom. The number of anilines is 1. The maximum atomic E-state index is 5.98. The van der Waals surface area contributed by atoms with Crippen molar-refractivity contribution in [3.05, 3.63) is 59.1 Å². The molecule has 2 aromatic rings. The molecule has 0 amide bonds. The van der Waals surface area contributed by atoms with E-state index in [-0.39, 0.29) is 5.54 Å². The Hall–Kier alpha value is -1.71. The molecule has 0 radical (unpaired) electrons. The Labute approximate surface area is 131 Å². The van der Waals surface area contributed by atoms with E-state index in [2.05, 4.69) is 12.2 Å². The van der Waals surface area contributed by atoms with Crippen molar-refractivity contribution in [2.24, 2.45) is 5.73 Å². The lowest BCUT2D eigenvalue weighted by atomic mass is 9.92. The van der Waals surface area contributed by atoms with Gasteiger partial charge in [-0.2, -0.15) is 0 Å². The summed E-state index contributed by atoms with van der Waals surface area (Å²) in [5.41, 5.74) is 7.98. The van der Waals surface area contributed by atoms with Gasteiger partial charge in [-0.1, -0.05) is 23.7 Å². The zero-order valence-corrected chi connectivity index (χ0v) is 13.2. The summed E-state index contributed by atoms with van der Waals surface area (Å²) in [5.74, 6) is 0.840. The second-order valence-corrected chi connectivity index (χ2v) is 5.86. The first-order valence-electron chi connectivity index (χ1n) is 6.91. The number of halogens is 1. The van der Waals surface area contributed by atoms with Crippen LogP contribution in [0, 0.1) is 0 Å². The Morgan fingerprint density at radius 2 is 1.71 bits per heavy atom. The van der Waals surface area contributed by atoms with E-state index in [9.17, 15) is 0 Å². The van der Waals surface area contributed by atoms with Crippen molar-refractivity contribution in [1.29, 1.82) is 0 Å². The van der Waals surface area contributed by atoms with Crippen LogP contribution in [-0.4, -0.2) is 19.2 Å². The SMILES string of the molecule is COc1ccc(NC(C)(CN)Cc2ccc(Cl)cc2)cc1. The van der Waals surface area contributed by atoms with Crippen LogP contribution >= 0.6 is 11.6 Å². The standard InChI is InChI=1S/C17H21ClN2O/c1-17(12-19,11-13-3-5-14(18)6-4-13)20-15-7-9-16(21-2)10-8-15/h3-10,20H,11-12,19H2,1-2H3. The lowest BCUT2D eigenvalue weighted by Crippen LogP contribution is -2.44. The Kier molecular flexibility index (Phi) is 5.10. The molecule has 0 aliphatic heterocycles. The maximum absolute atomic E-state index is 5.98. The number of rotatable bonds is 6. The van der Waals surface area contributed by atoms with Crippen molar-refractivity contribution < 1.29 is 4.74 Å². The van der Waals surface area contributed by atoms with Gasteiger partial charge in [0.1, 0.15) is 5.75 Å². The lowest BCUT2D eigenvalue weighted by molar-refractivity contribution is 0.415. The summed E-state index contributed by atoms with van der Waals surface area (Å²) in [6, 6.07) is 15.7. The summed E-state index contributed by atoms with van der Waals surface area (Å²) in [7, 11) is 1.66. The van der Waals surface area contributed by atoms with Crippen LogP contribution in [-0.2, 0) is 6.42 Å². The van der Waals surface area contributed by atoms with Gasteiger partial charge in [-0.15, -0.1) is 0 Å². The molecule has 0 saturated heterocycles. The molecule has 112 valence electrons. The van der Waals surface area contributed by atoms with E-state index < -0.39 is 0 Å². The summed E-state index contributed by atoms with van der Waals surface area (Å²) >= 11 is 5.92. The third-order valence-corrected chi connectivity index (χ3v) is 3.75. The zero-order valence-electron chi connectivity index (χ0n) is 12.4. The van der Waals surface area contributed by atoms with E-state index in [0.29, 0.717) is 6.54 Å². The molecule has 0 bridgehead atoms. The lowest BCUT2D eigenvalue weighted by Gasteiger charge is -2.31. The summed E-state index contributed by atoms with van der Waals surface area (Å²) in [6.07, 6.45) is 0.826. The number of ether oxygens (including phenoxy) is 1. The van der Waals surface area contributed by atoms with Crippen LogP contribution < -0.4 is 15.8 Å². The van der Waals surface area contributed by atoms with Crippen molar-refractivity contribution in [3.8, 4) is 5.75 Å². The van der Waals surface area contributed by atoms with Gasteiger partial charge in [0.05, 0.1) is 12.6 Å². The van der Waals surface area contributed by atoms with Crippen LogP contribution in [0.2, 0.25) is 5.02 Å². The molecule has 1 atom stereocenters. The Bertz CT molecular complexity index is 568. The van der Waals surface area contributed by atoms with Gasteiger partial charge in [0.15, 0.2) is 0 Å². The molecule has 2 aromatic carbocycles. The quantitative estimate of drug-likeness (QED) is 0.855. The van der Waals surface area contributed by atoms with E-state index in [0.717, 1.165) is 22.9 Å². The molecule has 1 unspecified atom stereocenters. The number of nitrogens with two attached hydrogens (primary N) is 1. The van der Waals surface area contributed by atoms with Crippen LogP contribution in [0.15, 0.2) is 48.5 Å². The fourth-order valence-corrected chi connectivity index (χ4v) is 2.37. The third-order valence-electron chi connectivity index (χ3n) is 3.49. The number of methoxy groups -OCH3 is 1. The van der Waals surface area contributed by atoms with E-state index in [4.69, 9.17) is 22.1 Å². The molecule has 3 nitrogen and oxygen atoms in total. The highest BCUT2D eigenvalue weighted by Gasteiger charge is 2.22. The molecular weight excluding hydrogens is 284 g/mol. The highest BCUT2D eigenvalue weighted by molar-refractivity contribution is 6.30. The normalized spacial score (nSPS) is 13.5. The molecule has 4 heteroatoms. The summed E-state index contributed by atoms with van der Waals surface area (Å²) < 4.78 is 5.17. The summed E-state index contributed by atoms with van der Waals surface area (Å²) in [6.45, 7) is 2.65. The molecule has 2 rings (SSSR count). The molecule has 0 spiro atoms. The van der Waals surface area contributed by atoms with Crippen LogP contribution in [0.4, 0.5) is 5.69 Å². The van der Waals surface area contributed by atoms with Gasteiger partial charge in [-0.3, -0.25) is 0 Å². The number of benzene rings is 2. The smallest absolute Gasteiger partial charge is 0.119 e. The van der Waals surface area contributed by atoms with Gasteiger partial charge < -0.3 is 15.8 Å². The highest BCUT2D eigenvalue weighted by Crippen LogP contribution is 2.22. The van der Waals surface area contributed by atoms with Crippen molar-refractivity contribution in [3.63, 3.8) is 0 Å². The van der Waals surface area contributed by atoms with Crippen LogP contribution in [0.1, 0.15) is 12.5 Å². The van der Waals surface area contributed by atoms with E-state index in [1.807, 2.05) is 48.5 Å². The molecule has 0 fully saturated rings. The number of nitrogens with one attached hydrogen (secondary N) is 1. The second kappa shape index (κ2) is 6.83. The molecule has 0 saturated carbocycles. The third kappa shape index (κ3) is 4.38. The predicted molar refractivity (Wildman–Crippen MR) is 89.2 cm³/mol. The minimum atomic E-state index is -0.220. The van der Waals surface area contributed by atoms with Gasteiger partial charge in [0.2, 0.25) is 0 Å². The molecule has 0 heterocycles. The predicted octanol–water partition coefficient (Wildman–Crippen LogP) is 3.72. The maximum Gasteiger partial charge on any atom is 0.119 e. The molecule has 3 N–H and O–H groups in total. The van der Waals surface area contributed by atoms with Crippen molar-refractivity contribution in [2.75, 3.05) is 19.0 Å². The molecule has 21 heavy (non-hydrogen) atoms. The first-order valence-corrected chi connectivity index (χ1v) is 7.29. The highest BCUT2D eigenvalue weighted by atomic mass is 35.5. The summed E-state index contributed by atoms with van der Waals surface area (Å²) in [5, 5.41) is 4.25. The minimum absolute atomic E-state index is 0.220. The van der Waals surface area contributed by atoms with Crippen molar-refractivity contribution in [1.82, 2.24) is 0 Å². The fourth-order valence-electron chi connectivity index (χ4n) is 2.24. The molecular formula is C17H21ClN2O. The van der Waals surface area contributed by atoms with Crippen molar-refractivity contribution >= 4 is 17.3 Å². The van der Waals surface area contributed by atoms with Gasteiger partial charge in [0.25, 0.3) is 0 Å². The zero-order chi connectivity index (χ0) is 15.3. The van der Waals surface area contributed by atoms with Gasteiger partial charge in [-0.25, -0.2) is 0 Å². The first kappa shape index (κ1) is 15.7. The van der Waals surface area contributed by atoms with Crippen LogP contribution in [0.5, 0.6) is 5.75 Å². The molecule has 0 aliphatic rings. The van der Waals surface area contributed by atoms with E-state index in [1.165, 1.54) is 5.56 Å². The van der Waals surface area contributed by atoms with Gasteiger partial charge in [-0.05, 0) is 55.3 Å². The van der Waals surface area contributed by atoms with E-state index >= 15 is 0 Å². The average Bonchev–Trinajstić information content (AvgIpc) is 2.50. The Balaban J connectivity index is 2.10. The average molecular weight is 305 g/mol. The van der Waals surface area contributed by atoms with Crippen molar-refractivity contribution in [2.45, 2.75) is 18.9 Å². The van der Waals surface area contributed by atoms with Crippen LogP contribution in [0.3, 0.4) is 0 Å². The van der Waals surface area contributed by atoms with Gasteiger partial charge >= 0.3 is 0 Å². The van der Waals surface area contributed by atoms with E-state index in [1.54, 1.807) is 7.11 Å². The minimum Gasteiger partial charge on any atom is -0.497 e. The molecule has 0 aromatic heterocycles.